The maximum absolute atomic E-state index is 12.7. The number of hydrogen-bond donors (Lipinski definition) is 1. The zero-order valence-electron chi connectivity index (χ0n) is 13.9. The van der Waals surface area contributed by atoms with Crippen LogP contribution in [0.3, 0.4) is 0 Å². The number of benzene rings is 1. The summed E-state index contributed by atoms with van der Waals surface area (Å²) in [4.78, 5) is 25.3. The standard InChI is InChI=1S/C19H21NO3S/c1-13-6-5-7-14(12-13)19(10-3-4-11-19)20-17(21)15-8-9-16(24-15)18(22)23-2/h5-9,12H,3-4,10-11H2,1-2H3,(H,20,21). The van der Waals surface area contributed by atoms with E-state index in [2.05, 4.69) is 30.4 Å². The molecule has 0 saturated heterocycles. The molecule has 4 nitrogen and oxygen atoms in total. The monoisotopic (exact) mass is 343 g/mol. The first-order valence-corrected chi connectivity index (χ1v) is 8.93. The first-order valence-electron chi connectivity index (χ1n) is 8.12. The fraction of sp³-hybridized carbons (Fsp3) is 0.368. The van der Waals surface area contributed by atoms with Crippen LogP contribution in [0.2, 0.25) is 0 Å². The van der Waals surface area contributed by atoms with Crippen LogP contribution in [0.5, 0.6) is 0 Å². The normalized spacial score (nSPS) is 15.9. The number of nitrogens with one attached hydrogen (secondary N) is 1. The molecule has 1 aromatic heterocycles. The molecule has 1 aliphatic carbocycles. The number of hydrogen-bond acceptors (Lipinski definition) is 4. The van der Waals surface area contributed by atoms with Gasteiger partial charge in [-0.05, 0) is 37.5 Å². The van der Waals surface area contributed by atoms with Crippen molar-refractivity contribution in [1.29, 1.82) is 0 Å². The summed E-state index contributed by atoms with van der Waals surface area (Å²) in [5, 5.41) is 3.24. The summed E-state index contributed by atoms with van der Waals surface area (Å²) in [5.41, 5.74) is 2.05. The van der Waals surface area contributed by atoms with Gasteiger partial charge in [0, 0.05) is 0 Å². The van der Waals surface area contributed by atoms with Crippen molar-refractivity contribution >= 4 is 23.2 Å². The van der Waals surface area contributed by atoms with Crippen molar-refractivity contribution in [2.75, 3.05) is 7.11 Å². The minimum atomic E-state index is -0.409. The van der Waals surface area contributed by atoms with Crippen molar-refractivity contribution in [2.45, 2.75) is 38.1 Å². The van der Waals surface area contributed by atoms with Crippen LogP contribution in [0, 0.1) is 6.92 Å². The molecule has 3 rings (SSSR count). The van der Waals surface area contributed by atoms with E-state index in [0.29, 0.717) is 9.75 Å². The lowest BCUT2D eigenvalue weighted by Gasteiger charge is -2.31. The number of carbonyl (C=O) groups excluding carboxylic acids is 2. The first kappa shape index (κ1) is 16.7. The van der Waals surface area contributed by atoms with Crippen molar-refractivity contribution < 1.29 is 14.3 Å². The molecule has 1 aliphatic rings. The van der Waals surface area contributed by atoms with Gasteiger partial charge in [0.25, 0.3) is 5.91 Å². The van der Waals surface area contributed by atoms with E-state index in [1.54, 1.807) is 12.1 Å². The SMILES string of the molecule is COC(=O)c1ccc(C(=O)NC2(c3cccc(C)c3)CCCC2)s1. The van der Waals surface area contributed by atoms with E-state index in [1.165, 1.54) is 24.0 Å². The highest BCUT2D eigenvalue weighted by Gasteiger charge is 2.37. The van der Waals surface area contributed by atoms with Gasteiger partial charge in [0.2, 0.25) is 0 Å². The Hall–Kier alpha value is -2.14. The third-order valence-corrected chi connectivity index (χ3v) is 5.66. The van der Waals surface area contributed by atoms with E-state index in [-0.39, 0.29) is 11.4 Å². The Labute approximate surface area is 145 Å². The van der Waals surface area contributed by atoms with Crippen molar-refractivity contribution in [3.8, 4) is 0 Å². The maximum Gasteiger partial charge on any atom is 0.348 e. The van der Waals surface area contributed by atoms with Crippen molar-refractivity contribution in [1.82, 2.24) is 5.32 Å². The predicted molar refractivity (Wildman–Crippen MR) is 94.4 cm³/mol. The van der Waals surface area contributed by atoms with Crippen LogP contribution in [0.4, 0.5) is 0 Å². The Bertz CT molecular complexity index is 759. The number of methoxy groups -OCH3 is 1. The van der Waals surface area contributed by atoms with Crippen molar-refractivity contribution in [3.05, 3.63) is 57.3 Å². The Morgan fingerprint density at radius 1 is 1.12 bits per heavy atom. The van der Waals surface area contributed by atoms with E-state index in [9.17, 15) is 9.59 Å². The fourth-order valence-corrected chi connectivity index (χ4v) is 4.18. The van der Waals surface area contributed by atoms with Gasteiger partial charge >= 0.3 is 5.97 Å². The van der Waals surface area contributed by atoms with E-state index >= 15 is 0 Å². The molecule has 2 aromatic rings. The van der Waals surface area contributed by atoms with E-state index in [1.807, 2.05) is 6.07 Å². The second kappa shape index (κ2) is 6.77. The van der Waals surface area contributed by atoms with Gasteiger partial charge in [-0.15, -0.1) is 11.3 Å². The Kier molecular flexibility index (Phi) is 4.71. The zero-order valence-corrected chi connectivity index (χ0v) is 14.7. The molecule has 24 heavy (non-hydrogen) atoms. The summed E-state index contributed by atoms with van der Waals surface area (Å²) < 4.78 is 4.70. The van der Waals surface area contributed by atoms with Crippen molar-refractivity contribution in [2.24, 2.45) is 0 Å². The van der Waals surface area contributed by atoms with Crippen LogP contribution in [0.15, 0.2) is 36.4 Å². The molecule has 126 valence electrons. The molecule has 0 atom stereocenters. The third-order valence-electron chi connectivity index (χ3n) is 4.60. The largest absolute Gasteiger partial charge is 0.465 e. The Morgan fingerprint density at radius 3 is 2.50 bits per heavy atom. The highest BCUT2D eigenvalue weighted by Crippen LogP contribution is 2.39. The van der Waals surface area contributed by atoms with Crippen LogP contribution >= 0.6 is 11.3 Å². The first-order chi connectivity index (χ1) is 11.5. The molecule has 0 radical (unpaired) electrons. The molecule has 1 fully saturated rings. The number of rotatable bonds is 4. The zero-order chi connectivity index (χ0) is 17.2. The van der Waals surface area contributed by atoms with Crippen LogP contribution < -0.4 is 5.32 Å². The summed E-state index contributed by atoms with van der Waals surface area (Å²) in [6.07, 6.45) is 4.09. The van der Waals surface area contributed by atoms with E-state index < -0.39 is 5.97 Å². The van der Waals surface area contributed by atoms with E-state index in [0.717, 1.165) is 31.2 Å². The van der Waals surface area contributed by atoms with Gasteiger partial charge < -0.3 is 10.1 Å². The lowest BCUT2D eigenvalue weighted by Crippen LogP contribution is -2.43. The Balaban J connectivity index is 1.85. The lowest BCUT2D eigenvalue weighted by atomic mass is 9.87. The van der Waals surface area contributed by atoms with Gasteiger partial charge in [-0.25, -0.2) is 4.79 Å². The molecule has 0 aliphatic heterocycles. The van der Waals surface area contributed by atoms with Crippen LogP contribution in [-0.4, -0.2) is 19.0 Å². The summed E-state index contributed by atoms with van der Waals surface area (Å²) >= 11 is 1.17. The predicted octanol–water partition coefficient (Wildman–Crippen LogP) is 4.04. The molecule has 0 spiro atoms. The van der Waals surface area contributed by atoms with Crippen molar-refractivity contribution in [3.63, 3.8) is 0 Å². The number of amides is 1. The number of esters is 1. The highest BCUT2D eigenvalue weighted by molar-refractivity contribution is 7.15. The second-order valence-electron chi connectivity index (χ2n) is 6.27. The number of carbonyl (C=O) groups is 2. The van der Waals surface area contributed by atoms with Crippen LogP contribution in [0.1, 0.15) is 56.2 Å². The molecule has 1 heterocycles. The molecule has 1 N–H and O–H groups in total. The molecule has 0 unspecified atom stereocenters. The van der Waals surface area contributed by atoms with Gasteiger partial charge in [0.15, 0.2) is 0 Å². The average Bonchev–Trinajstić information content (AvgIpc) is 3.24. The second-order valence-corrected chi connectivity index (χ2v) is 7.35. The lowest BCUT2D eigenvalue weighted by molar-refractivity contribution is 0.0606. The summed E-state index contributed by atoms with van der Waals surface area (Å²) in [6.45, 7) is 2.07. The quantitative estimate of drug-likeness (QED) is 0.852. The number of aryl methyl sites for hydroxylation is 1. The maximum atomic E-state index is 12.7. The smallest absolute Gasteiger partial charge is 0.348 e. The summed E-state index contributed by atoms with van der Waals surface area (Å²) in [7, 11) is 1.34. The van der Waals surface area contributed by atoms with Gasteiger partial charge in [0.05, 0.1) is 17.5 Å². The third kappa shape index (κ3) is 3.22. The molecule has 1 aromatic carbocycles. The number of thiophene rings is 1. The topological polar surface area (TPSA) is 55.4 Å². The highest BCUT2D eigenvalue weighted by atomic mass is 32.1. The molecule has 1 amide bonds. The molecular weight excluding hydrogens is 322 g/mol. The van der Waals surface area contributed by atoms with Crippen LogP contribution in [0.25, 0.3) is 0 Å². The minimum absolute atomic E-state index is 0.126. The summed E-state index contributed by atoms with van der Waals surface area (Å²) in [6, 6.07) is 11.7. The molecule has 5 heteroatoms. The molecular formula is C19H21NO3S. The Morgan fingerprint density at radius 2 is 1.83 bits per heavy atom. The minimum Gasteiger partial charge on any atom is -0.465 e. The van der Waals surface area contributed by atoms with Gasteiger partial charge in [-0.2, -0.15) is 0 Å². The van der Waals surface area contributed by atoms with Gasteiger partial charge in [0.1, 0.15) is 4.88 Å². The fourth-order valence-electron chi connectivity index (χ4n) is 3.36. The van der Waals surface area contributed by atoms with Gasteiger partial charge in [-0.3, -0.25) is 4.79 Å². The number of ether oxygens (including phenoxy) is 1. The van der Waals surface area contributed by atoms with E-state index in [4.69, 9.17) is 4.74 Å². The molecule has 1 saturated carbocycles. The van der Waals surface area contributed by atoms with Crippen LogP contribution in [-0.2, 0) is 10.3 Å². The molecule has 0 bridgehead atoms. The summed E-state index contributed by atoms with van der Waals surface area (Å²) in [5.74, 6) is -0.535. The van der Waals surface area contributed by atoms with Gasteiger partial charge in [-0.1, -0.05) is 42.7 Å². The average molecular weight is 343 g/mol.